The summed E-state index contributed by atoms with van der Waals surface area (Å²) < 4.78 is 5.00. The third-order valence-corrected chi connectivity index (χ3v) is 3.55. The maximum Gasteiger partial charge on any atom is 0.251 e. The molecule has 1 aromatic heterocycles. The summed E-state index contributed by atoms with van der Waals surface area (Å²) in [5, 5.41) is 6.13. The lowest BCUT2D eigenvalue weighted by molar-refractivity contribution is 0.0951. The van der Waals surface area contributed by atoms with E-state index >= 15 is 0 Å². The number of aryl methyl sites for hydroxylation is 1. The molecule has 2 aromatic rings. The van der Waals surface area contributed by atoms with Crippen molar-refractivity contribution >= 4 is 11.7 Å². The molecule has 1 aromatic carbocycles. The van der Waals surface area contributed by atoms with Gasteiger partial charge in [-0.05, 0) is 36.6 Å². The first-order valence-electron chi connectivity index (χ1n) is 7.72. The van der Waals surface area contributed by atoms with Gasteiger partial charge < -0.3 is 15.4 Å². The van der Waals surface area contributed by atoms with Gasteiger partial charge in [0.2, 0.25) is 0 Å². The van der Waals surface area contributed by atoms with Crippen LogP contribution in [-0.4, -0.2) is 31.2 Å². The lowest BCUT2D eigenvalue weighted by atomic mass is 10.1. The van der Waals surface area contributed by atoms with Crippen molar-refractivity contribution in [3.8, 4) is 0 Å². The molecule has 0 saturated heterocycles. The molecular weight excluding hydrogens is 290 g/mol. The van der Waals surface area contributed by atoms with Crippen molar-refractivity contribution in [1.82, 2.24) is 10.3 Å². The Morgan fingerprint density at radius 2 is 2.09 bits per heavy atom. The first-order valence-corrected chi connectivity index (χ1v) is 7.72. The van der Waals surface area contributed by atoms with Crippen LogP contribution in [0.4, 0.5) is 5.82 Å². The van der Waals surface area contributed by atoms with Crippen molar-refractivity contribution in [2.24, 2.45) is 0 Å². The molecule has 5 heteroatoms. The number of amides is 1. The third kappa shape index (κ3) is 5.38. The average Bonchev–Trinajstić information content (AvgIpc) is 2.58. The number of nitrogens with one attached hydrogen (secondary N) is 2. The lowest BCUT2D eigenvalue weighted by Crippen LogP contribution is -2.23. The van der Waals surface area contributed by atoms with Gasteiger partial charge in [-0.3, -0.25) is 4.79 Å². The molecule has 1 heterocycles. The summed E-state index contributed by atoms with van der Waals surface area (Å²) in [7, 11) is 1.68. The number of nitrogens with zero attached hydrogens (tertiary/aromatic N) is 1. The molecule has 0 atom stereocenters. The molecule has 0 radical (unpaired) electrons. The number of hydrogen-bond acceptors (Lipinski definition) is 4. The van der Waals surface area contributed by atoms with E-state index in [0.29, 0.717) is 24.5 Å². The van der Waals surface area contributed by atoms with Crippen LogP contribution in [0.1, 0.15) is 27.9 Å². The van der Waals surface area contributed by atoms with Crippen molar-refractivity contribution in [3.63, 3.8) is 0 Å². The maximum atomic E-state index is 12.3. The summed E-state index contributed by atoms with van der Waals surface area (Å²) in [6.07, 6.45) is 2.53. The molecule has 23 heavy (non-hydrogen) atoms. The maximum absolute atomic E-state index is 12.3. The second-order valence-electron chi connectivity index (χ2n) is 5.31. The van der Waals surface area contributed by atoms with Gasteiger partial charge in [0.1, 0.15) is 5.82 Å². The molecule has 0 bridgehead atoms. The minimum Gasteiger partial charge on any atom is -0.385 e. The van der Waals surface area contributed by atoms with Gasteiger partial charge in [0.25, 0.3) is 5.91 Å². The Balaban J connectivity index is 1.90. The molecule has 1 amide bonds. The highest BCUT2D eigenvalue weighted by Gasteiger charge is 2.07. The van der Waals surface area contributed by atoms with E-state index in [-0.39, 0.29) is 5.91 Å². The monoisotopic (exact) mass is 313 g/mol. The van der Waals surface area contributed by atoms with Gasteiger partial charge in [0.05, 0.1) is 0 Å². The quantitative estimate of drug-likeness (QED) is 0.736. The molecule has 0 spiro atoms. The van der Waals surface area contributed by atoms with Crippen LogP contribution in [0.25, 0.3) is 0 Å². The lowest BCUT2D eigenvalue weighted by Gasteiger charge is -2.09. The van der Waals surface area contributed by atoms with Crippen LogP contribution in [0.3, 0.4) is 0 Å². The molecule has 0 saturated carbocycles. The van der Waals surface area contributed by atoms with Crippen LogP contribution in [0.5, 0.6) is 0 Å². The number of aromatic nitrogens is 1. The number of carbonyl (C=O) groups excluding carboxylic acids is 1. The number of pyridine rings is 1. The molecule has 0 fully saturated rings. The average molecular weight is 313 g/mol. The third-order valence-electron chi connectivity index (χ3n) is 3.55. The van der Waals surface area contributed by atoms with Crippen molar-refractivity contribution in [2.45, 2.75) is 19.9 Å². The van der Waals surface area contributed by atoms with E-state index in [1.807, 2.05) is 31.2 Å². The van der Waals surface area contributed by atoms with Crippen LogP contribution in [-0.2, 0) is 11.3 Å². The summed E-state index contributed by atoms with van der Waals surface area (Å²) in [6, 6.07) is 11.5. The van der Waals surface area contributed by atoms with Crippen LogP contribution in [0.2, 0.25) is 0 Å². The molecule has 0 aliphatic heterocycles. The summed E-state index contributed by atoms with van der Waals surface area (Å²) in [5.41, 5.74) is 2.89. The molecule has 2 rings (SSSR count). The predicted molar refractivity (Wildman–Crippen MR) is 91.6 cm³/mol. The highest BCUT2D eigenvalue weighted by Crippen LogP contribution is 2.09. The predicted octanol–water partition coefficient (Wildman–Crippen LogP) is 2.77. The zero-order valence-electron chi connectivity index (χ0n) is 13.6. The summed E-state index contributed by atoms with van der Waals surface area (Å²) >= 11 is 0. The highest BCUT2D eigenvalue weighted by atomic mass is 16.5. The molecule has 5 nitrogen and oxygen atoms in total. The van der Waals surface area contributed by atoms with Gasteiger partial charge in [-0.1, -0.05) is 24.3 Å². The molecule has 2 N–H and O–H groups in total. The Hall–Kier alpha value is -2.40. The van der Waals surface area contributed by atoms with Gasteiger partial charge in [0, 0.05) is 38.6 Å². The first-order chi connectivity index (χ1) is 11.2. The van der Waals surface area contributed by atoms with Crippen LogP contribution < -0.4 is 10.6 Å². The fourth-order valence-electron chi connectivity index (χ4n) is 2.19. The number of hydrogen-bond donors (Lipinski definition) is 2. The Kier molecular flexibility index (Phi) is 6.56. The second-order valence-corrected chi connectivity index (χ2v) is 5.31. The number of methoxy groups -OCH3 is 1. The van der Waals surface area contributed by atoms with Crippen molar-refractivity contribution < 1.29 is 9.53 Å². The molecule has 0 aliphatic rings. The topological polar surface area (TPSA) is 63.2 Å². The van der Waals surface area contributed by atoms with Gasteiger partial charge in [-0.2, -0.15) is 0 Å². The Morgan fingerprint density at radius 1 is 1.26 bits per heavy atom. The van der Waals surface area contributed by atoms with Crippen LogP contribution in [0, 0.1) is 6.92 Å². The minimum atomic E-state index is -0.101. The van der Waals surface area contributed by atoms with E-state index in [1.165, 1.54) is 5.56 Å². The number of ether oxygens (including phenoxy) is 1. The Morgan fingerprint density at radius 3 is 2.87 bits per heavy atom. The van der Waals surface area contributed by atoms with E-state index in [9.17, 15) is 4.79 Å². The number of benzene rings is 1. The SMILES string of the molecule is COCCCNc1cc(C(=O)NCc2ccccc2C)ccn1. The minimum absolute atomic E-state index is 0.101. The van der Waals surface area contributed by atoms with E-state index < -0.39 is 0 Å². The van der Waals surface area contributed by atoms with Gasteiger partial charge in [-0.25, -0.2) is 4.98 Å². The Bertz CT molecular complexity index is 644. The largest absolute Gasteiger partial charge is 0.385 e. The van der Waals surface area contributed by atoms with E-state index in [1.54, 1.807) is 25.4 Å². The second kappa shape index (κ2) is 8.90. The van der Waals surface area contributed by atoms with Gasteiger partial charge in [-0.15, -0.1) is 0 Å². The standard InChI is InChI=1S/C18H23N3O2/c1-14-6-3-4-7-16(14)13-21-18(22)15-8-10-20-17(12-15)19-9-5-11-23-2/h3-4,6-8,10,12H,5,9,11,13H2,1-2H3,(H,19,20)(H,21,22). The van der Waals surface area contributed by atoms with Gasteiger partial charge >= 0.3 is 0 Å². The van der Waals surface area contributed by atoms with Gasteiger partial charge in [0.15, 0.2) is 0 Å². The zero-order chi connectivity index (χ0) is 16.5. The smallest absolute Gasteiger partial charge is 0.251 e. The first kappa shape index (κ1) is 17.0. The summed E-state index contributed by atoms with van der Waals surface area (Å²) in [5.74, 6) is 0.597. The van der Waals surface area contributed by atoms with Crippen LogP contribution >= 0.6 is 0 Å². The van der Waals surface area contributed by atoms with Crippen molar-refractivity contribution in [3.05, 3.63) is 59.3 Å². The molecule has 0 unspecified atom stereocenters. The van der Waals surface area contributed by atoms with E-state index in [4.69, 9.17) is 4.74 Å². The van der Waals surface area contributed by atoms with E-state index in [0.717, 1.165) is 18.5 Å². The fourth-order valence-corrected chi connectivity index (χ4v) is 2.19. The fraction of sp³-hybridized carbons (Fsp3) is 0.333. The zero-order valence-corrected chi connectivity index (χ0v) is 13.6. The number of rotatable bonds is 8. The molecule has 0 aliphatic carbocycles. The molecule has 122 valence electrons. The number of anilines is 1. The van der Waals surface area contributed by atoms with Crippen LogP contribution in [0.15, 0.2) is 42.6 Å². The normalized spacial score (nSPS) is 10.3. The Labute approximate surface area is 137 Å². The number of carbonyl (C=O) groups is 1. The molecular formula is C18H23N3O2. The highest BCUT2D eigenvalue weighted by molar-refractivity contribution is 5.94. The summed E-state index contributed by atoms with van der Waals surface area (Å²) in [6.45, 7) is 4.01. The van der Waals surface area contributed by atoms with E-state index in [2.05, 4.69) is 15.6 Å². The summed E-state index contributed by atoms with van der Waals surface area (Å²) in [4.78, 5) is 16.5. The van der Waals surface area contributed by atoms with Crippen molar-refractivity contribution in [2.75, 3.05) is 25.6 Å². The van der Waals surface area contributed by atoms with Crippen molar-refractivity contribution in [1.29, 1.82) is 0 Å².